The number of benzene rings is 1. The summed E-state index contributed by atoms with van der Waals surface area (Å²) in [7, 11) is -3.65. The van der Waals surface area contributed by atoms with Crippen molar-refractivity contribution in [1.29, 1.82) is 0 Å². The Morgan fingerprint density at radius 3 is 2.60 bits per heavy atom. The van der Waals surface area contributed by atoms with Crippen molar-refractivity contribution in [2.75, 3.05) is 13.2 Å². The fourth-order valence-electron chi connectivity index (χ4n) is 1.40. The first-order chi connectivity index (χ1) is 9.36. The van der Waals surface area contributed by atoms with Crippen molar-refractivity contribution in [2.45, 2.75) is 24.7 Å². The van der Waals surface area contributed by atoms with Crippen LogP contribution in [0.4, 0.5) is 0 Å². The number of nitrogens with one attached hydrogen (secondary N) is 1. The zero-order valence-corrected chi connectivity index (χ0v) is 13.2. The molecule has 5 nitrogen and oxygen atoms in total. The van der Waals surface area contributed by atoms with Gasteiger partial charge in [-0.1, -0.05) is 23.2 Å². The predicted octanol–water partition coefficient (Wildman–Crippen LogP) is 2.62. The first-order valence-electron chi connectivity index (χ1n) is 5.97. The van der Waals surface area contributed by atoms with Gasteiger partial charge in [-0.05, 0) is 31.5 Å². The van der Waals surface area contributed by atoms with Crippen LogP contribution in [0.3, 0.4) is 0 Å². The van der Waals surface area contributed by atoms with Gasteiger partial charge in [0.05, 0.1) is 21.5 Å². The average molecular weight is 340 g/mol. The summed E-state index contributed by atoms with van der Waals surface area (Å²) in [6.07, 6.45) is 0.525. The fourth-order valence-corrected chi connectivity index (χ4v) is 2.86. The molecule has 0 saturated carbocycles. The van der Waals surface area contributed by atoms with Crippen molar-refractivity contribution in [1.82, 2.24) is 4.72 Å². The molecule has 0 heterocycles. The molecule has 1 aromatic rings. The van der Waals surface area contributed by atoms with E-state index in [0.717, 1.165) is 0 Å². The third kappa shape index (κ3) is 5.28. The van der Waals surface area contributed by atoms with Crippen LogP contribution in [0, 0.1) is 0 Å². The summed E-state index contributed by atoms with van der Waals surface area (Å²) in [5, 5.41) is 0.453. The molecule has 0 fully saturated rings. The van der Waals surface area contributed by atoms with Crippen LogP contribution >= 0.6 is 23.2 Å². The predicted molar refractivity (Wildman–Crippen MR) is 77.5 cm³/mol. The lowest BCUT2D eigenvalue weighted by atomic mass is 10.3. The van der Waals surface area contributed by atoms with Crippen molar-refractivity contribution in [2.24, 2.45) is 0 Å². The largest absolute Gasteiger partial charge is 0.466 e. The fraction of sp³-hybridized carbons (Fsp3) is 0.417. The van der Waals surface area contributed by atoms with Crippen LogP contribution in [-0.4, -0.2) is 27.5 Å². The maximum atomic E-state index is 11.9. The summed E-state index contributed by atoms with van der Waals surface area (Å²) >= 11 is 11.5. The molecule has 0 saturated heterocycles. The Labute approximate surface area is 128 Å². The Balaban J connectivity index is 2.53. The van der Waals surface area contributed by atoms with Gasteiger partial charge in [0.2, 0.25) is 10.0 Å². The smallest absolute Gasteiger partial charge is 0.305 e. The number of carbonyl (C=O) groups is 1. The van der Waals surface area contributed by atoms with E-state index in [4.69, 9.17) is 27.9 Å². The lowest BCUT2D eigenvalue weighted by molar-refractivity contribution is -0.143. The quantitative estimate of drug-likeness (QED) is 0.612. The van der Waals surface area contributed by atoms with Gasteiger partial charge in [0.25, 0.3) is 0 Å². The number of rotatable bonds is 7. The third-order valence-electron chi connectivity index (χ3n) is 2.36. The lowest BCUT2D eigenvalue weighted by Gasteiger charge is -2.07. The zero-order chi connectivity index (χ0) is 15.2. The van der Waals surface area contributed by atoms with Crippen LogP contribution in [0.1, 0.15) is 19.8 Å². The molecule has 20 heavy (non-hydrogen) atoms. The van der Waals surface area contributed by atoms with E-state index in [1.165, 1.54) is 18.2 Å². The molecule has 0 aliphatic rings. The average Bonchev–Trinajstić information content (AvgIpc) is 2.38. The molecule has 1 aromatic carbocycles. The molecule has 0 atom stereocenters. The molecule has 0 spiro atoms. The van der Waals surface area contributed by atoms with E-state index >= 15 is 0 Å². The second-order valence-electron chi connectivity index (χ2n) is 3.88. The molecule has 1 rings (SSSR count). The Morgan fingerprint density at radius 2 is 2.00 bits per heavy atom. The molecule has 0 bridgehead atoms. The zero-order valence-electron chi connectivity index (χ0n) is 10.9. The topological polar surface area (TPSA) is 72.5 Å². The van der Waals surface area contributed by atoms with Gasteiger partial charge < -0.3 is 4.74 Å². The van der Waals surface area contributed by atoms with E-state index in [9.17, 15) is 13.2 Å². The van der Waals surface area contributed by atoms with E-state index in [-0.39, 0.29) is 33.9 Å². The van der Waals surface area contributed by atoms with Gasteiger partial charge in [0.1, 0.15) is 0 Å². The van der Waals surface area contributed by atoms with E-state index in [0.29, 0.717) is 13.0 Å². The number of hydrogen-bond donors (Lipinski definition) is 1. The summed E-state index contributed by atoms with van der Waals surface area (Å²) in [6.45, 7) is 2.17. The number of halogens is 2. The first kappa shape index (κ1) is 17.2. The Hall–Kier alpha value is -0.820. The van der Waals surface area contributed by atoms with E-state index < -0.39 is 10.0 Å². The molecule has 0 aliphatic heterocycles. The van der Waals surface area contributed by atoms with Crippen LogP contribution in [-0.2, 0) is 19.6 Å². The second kappa shape index (κ2) is 7.83. The maximum absolute atomic E-state index is 11.9. The highest BCUT2D eigenvalue weighted by Gasteiger charge is 2.15. The normalized spacial score (nSPS) is 11.3. The summed E-state index contributed by atoms with van der Waals surface area (Å²) in [6, 6.07) is 4.05. The van der Waals surface area contributed by atoms with Gasteiger partial charge in [-0.3, -0.25) is 4.79 Å². The molecule has 0 radical (unpaired) electrons. The van der Waals surface area contributed by atoms with Gasteiger partial charge in [-0.15, -0.1) is 0 Å². The minimum absolute atomic E-state index is 0.0306. The lowest BCUT2D eigenvalue weighted by Crippen LogP contribution is -2.25. The number of ether oxygens (including phenoxy) is 1. The van der Waals surface area contributed by atoms with Crippen molar-refractivity contribution >= 4 is 39.2 Å². The van der Waals surface area contributed by atoms with Crippen LogP contribution < -0.4 is 4.72 Å². The van der Waals surface area contributed by atoms with E-state index in [1.54, 1.807) is 6.92 Å². The highest BCUT2D eigenvalue weighted by Crippen LogP contribution is 2.24. The molecular formula is C12H15Cl2NO4S. The summed E-state index contributed by atoms with van der Waals surface area (Å²) in [4.78, 5) is 11.1. The first-order valence-corrected chi connectivity index (χ1v) is 8.21. The number of carbonyl (C=O) groups excluding carboxylic acids is 1. The van der Waals surface area contributed by atoms with Crippen molar-refractivity contribution in [3.8, 4) is 0 Å². The van der Waals surface area contributed by atoms with Crippen molar-refractivity contribution in [3.63, 3.8) is 0 Å². The van der Waals surface area contributed by atoms with Gasteiger partial charge in [-0.2, -0.15) is 0 Å². The van der Waals surface area contributed by atoms with Crippen LogP contribution in [0.25, 0.3) is 0 Å². The van der Waals surface area contributed by atoms with E-state index in [1.807, 2.05) is 0 Å². The second-order valence-corrected chi connectivity index (χ2v) is 6.46. The van der Waals surface area contributed by atoms with E-state index in [2.05, 4.69) is 4.72 Å². The van der Waals surface area contributed by atoms with Gasteiger partial charge in [-0.25, -0.2) is 13.1 Å². The molecule has 0 aromatic heterocycles. The Morgan fingerprint density at radius 1 is 1.30 bits per heavy atom. The van der Waals surface area contributed by atoms with Gasteiger partial charge in [0.15, 0.2) is 0 Å². The van der Waals surface area contributed by atoms with Gasteiger partial charge in [0, 0.05) is 13.0 Å². The van der Waals surface area contributed by atoms with Gasteiger partial charge >= 0.3 is 5.97 Å². The van der Waals surface area contributed by atoms with Crippen molar-refractivity contribution < 1.29 is 17.9 Å². The molecule has 0 unspecified atom stereocenters. The summed E-state index contributed by atoms with van der Waals surface area (Å²) < 4.78 is 31.0. The number of sulfonamides is 1. The number of hydrogen-bond acceptors (Lipinski definition) is 4. The number of esters is 1. The maximum Gasteiger partial charge on any atom is 0.305 e. The summed E-state index contributed by atoms with van der Waals surface area (Å²) in [5.41, 5.74) is 0. The Kier molecular flexibility index (Phi) is 6.75. The summed E-state index contributed by atoms with van der Waals surface area (Å²) in [5.74, 6) is -0.346. The standard InChI is InChI=1S/C12H15Cl2NO4S/c1-2-19-12(16)4-3-7-15-20(17,18)9-5-6-10(13)11(14)8-9/h5-6,8,15H,2-4,7H2,1H3. The van der Waals surface area contributed by atoms with Crippen molar-refractivity contribution in [3.05, 3.63) is 28.2 Å². The molecule has 0 amide bonds. The van der Waals surface area contributed by atoms with Crippen LogP contribution in [0.15, 0.2) is 23.1 Å². The van der Waals surface area contributed by atoms with Crippen LogP contribution in [0.2, 0.25) is 10.0 Å². The highest BCUT2D eigenvalue weighted by atomic mass is 35.5. The monoisotopic (exact) mass is 339 g/mol. The minimum atomic E-state index is -3.65. The minimum Gasteiger partial charge on any atom is -0.466 e. The molecule has 1 N–H and O–H groups in total. The Bertz CT molecular complexity index is 575. The molecule has 112 valence electrons. The van der Waals surface area contributed by atoms with Crippen LogP contribution in [0.5, 0.6) is 0 Å². The molecular weight excluding hydrogens is 325 g/mol. The SMILES string of the molecule is CCOC(=O)CCCNS(=O)(=O)c1ccc(Cl)c(Cl)c1. The highest BCUT2D eigenvalue weighted by molar-refractivity contribution is 7.89. The molecule has 8 heteroatoms. The molecule has 0 aliphatic carbocycles. The third-order valence-corrected chi connectivity index (χ3v) is 4.55.